The van der Waals surface area contributed by atoms with E-state index in [4.69, 9.17) is 0 Å². The zero-order chi connectivity index (χ0) is 11.7. The van der Waals surface area contributed by atoms with Crippen LogP contribution in [0.2, 0.25) is 39.3 Å². The average Bonchev–Trinajstić information content (AvgIpc) is 2.46. The van der Waals surface area contributed by atoms with Gasteiger partial charge < -0.3 is 4.23 Å². The number of hydrogen-bond donors (Lipinski definition) is 0. The molecule has 0 spiro atoms. The lowest BCUT2D eigenvalue weighted by Gasteiger charge is -2.43. The number of nitrogens with zero attached hydrogens (tertiary/aromatic N) is 1. The molecule has 0 aliphatic rings. The highest BCUT2D eigenvalue weighted by Gasteiger charge is 2.34. The van der Waals surface area contributed by atoms with E-state index in [0.29, 0.717) is 0 Å². The van der Waals surface area contributed by atoms with Crippen molar-refractivity contribution in [3.05, 3.63) is 22.4 Å². The lowest BCUT2D eigenvalue weighted by molar-refractivity contribution is 0.619. The minimum Gasteiger partial charge on any atom is -0.341 e. The van der Waals surface area contributed by atoms with E-state index in [-0.39, 0.29) is 0 Å². The monoisotopic (exact) mass is 257 g/mol. The van der Waals surface area contributed by atoms with Crippen molar-refractivity contribution >= 4 is 27.8 Å². The second-order valence-electron chi connectivity index (χ2n) is 6.01. The van der Waals surface area contributed by atoms with Crippen molar-refractivity contribution in [2.24, 2.45) is 0 Å². The number of thiophene rings is 1. The number of rotatable bonds is 4. The van der Waals surface area contributed by atoms with Gasteiger partial charge in [-0.15, -0.1) is 11.3 Å². The van der Waals surface area contributed by atoms with Crippen LogP contribution in [-0.4, -0.2) is 20.7 Å². The van der Waals surface area contributed by atoms with Crippen molar-refractivity contribution < 1.29 is 0 Å². The molecule has 1 aromatic rings. The normalized spacial score (nSPS) is 13.5. The summed E-state index contributed by atoms with van der Waals surface area (Å²) in [4.78, 5) is 1.51. The Kier molecular flexibility index (Phi) is 3.97. The zero-order valence-electron chi connectivity index (χ0n) is 10.8. The second kappa shape index (κ2) is 4.53. The summed E-state index contributed by atoms with van der Waals surface area (Å²) in [6.45, 7) is 15.9. The molecule has 0 amide bonds. The van der Waals surface area contributed by atoms with Gasteiger partial charge in [-0.1, -0.05) is 45.3 Å². The summed E-state index contributed by atoms with van der Waals surface area (Å²) in [7, 11) is -2.35. The minimum atomic E-state index is -1.18. The lowest BCUT2D eigenvalue weighted by atomic mass is 10.5. The van der Waals surface area contributed by atoms with Gasteiger partial charge in [0, 0.05) is 11.4 Å². The van der Waals surface area contributed by atoms with Crippen LogP contribution in [0.15, 0.2) is 17.5 Å². The molecule has 1 nitrogen and oxygen atoms in total. The summed E-state index contributed by atoms with van der Waals surface area (Å²) in [5, 5.41) is 2.18. The van der Waals surface area contributed by atoms with Crippen molar-refractivity contribution in [3.8, 4) is 0 Å². The van der Waals surface area contributed by atoms with E-state index in [1.54, 1.807) is 0 Å². The van der Waals surface area contributed by atoms with Gasteiger partial charge in [0.25, 0.3) is 0 Å². The van der Waals surface area contributed by atoms with E-state index >= 15 is 0 Å². The first-order valence-electron chi connectivity index (χ1n) is 5.51. The summed E-state index contributed by atoms with van der Waals surface area (Å²) < 4.78 is 2.83. The third-order valence-electron chi connectivity index (χ3n) is 2.51. The van der Waals surface area contributed by atoms with Crippen molar-refractivity contribution in [2.75, 3.05) is 0 Å². The topological polar surface area (TPSA) is 3.24 Å². The Balaban J connectivity index is 2.84. The molecule has 0 saturated carbocycles. The highest BCUT2D eigenvalue weighted by Crippen LogP contribution is 2.24. The average molecular weight is 258 g/mol. The second-order valence-corrected chi connectivity index (χ2v) is 17.2. The summed E-state index contributed by atoms with van der Waals surface area (Å²) in [6, 6.07) is 4.42. The quantitative estimate of drug-likeness (QED) is 0.730. The van der Waals surface area contributed by atoms with Crippen LogP contribution in [-0.2, 0) is 6.54 Å². The van der Waals surface area contributed by atoms with E-state index in [9.17, 15) is 0 Å². The van der Waals surface area contributed by atoms with Crippen LogP contribution >= 0.6 is 11.3 Å². The molecule has 4 heteroatoms. The van der Waals surface area contributed by atoms with Gasteiger partial charge in [-0.2, -0.15) is 0 Å². The predicted molar refractivity (Wildman–Crippen MR) is 76.6 cm³/mol. The summed E-state index contributed by atoms with van der Waals surface area (Å²) in [5.41, 5.74) is 0. The fraction of sp³-hybridized carbons (Fsp3) is 0.636. The van der Waals surface area contributed by atoms with Gasteiger partial charge in [-0.3, -0.25) is 0 Å². The van der Waals surface area contributed by atoms with E-state index in [2.05, 4.69) is 61.0 Å². The third-order valence-corrected chi connectivity index (χ3v) is 11.0. The predicted octanol–water partition coefficient (Wildman–Crippen LogP) is 4.22. The third kappa shape index (κ3) is 3.87. The summed E-state index contributed by atoms with van der Waals surface area (Å²) in [6.07, 6.45) is 0. The SMILES string of the molecule is C[Si](C)(C)N(Cc1cccs1)[Si](C)(C)C. The molecule has 0 radical (unpaired) electrons. The van der Waals surface area contributed by atoms with Crippen LogP contribution in [0.5, 0.6) is 0 Å². The molecule has 0 atom stereocenters. The molecule has 0 saturated heterocycles. The molecule has 0 aliphatic heterocycles. The first kappa shape index (κ1) is 13.2. The van der Waals surface area contributed by atoms with E-state index in [0.717, 1.165) is 0 Å². The first-order valence-corrected chi connectivity index (χ1v) is 13.3. The Bertz CT molecular complexity index is 281. The van der Waals surface area contributed by atoms with Gasteiger partial charge in [0.05, 0.1) is 0 Å². The van der Waals surface area contributed by atoms with Crippen molar-refractivity contribution in [2.45, 2.75) is 45.8 Å². The van der Waals surface area contributed by atoms with Gasteiger partial charge in [0.2, 0.25) is 0 Å². The van der Waals surface area contributed by atoms with Crippen LogP contribution in [0, 0.1) is 0 Å². The number of hydrogen-bond acceptors (Lipinski definition) is 2. The smallest absolute Gasteiger partial charge is 0.112 e. The van der Waals surface area contributed by atoms with Crippen LogP contribution in [0.1, 0.15) is 4.88 Å². The van der Waals surface area contributed by atoms with E-state index < -0.39 is 16.5 Å². The molecule has 1 rings (SSSR count). The van der Waals surface area contributed by atoms with E-state index in [1.165, 1.54) is 11.4 Å². The van der Waals surface area contributed by atoms with Gasteiger partial charge >= 0.3 is 0 Å². The van der Waals surface area contributed by atoms with Crippen LogP contribution < -0.4 is 0 Å². The molecule has 15 heavy (non-hydrogen) atoms. The van der Waals surface area contributed by atoms with Gasteiger partial charge in [-0.05, 0) is 11.4 Å². The van der Waals surface area contributed by atoms with Gasteiger partial charge in [0.1, 0.15) is 16.5 Å². The summed E-state index contributed by atoms with van der Waals surface area (Å²) >= 11 is 1.89. The molecule has 0 fully saturated rings. The Hall–Kier alpha value is 0.0938. The highest BCUT2D eigenvalue weighted by molar-refractivity contribution is 7.10. The molecular weight excluding hydrogens is 234 g/mol. The minimum absolute atomic E-state index is 1.17. The maximum absolute atomic E-state index is 2.83. The summed E-state index contributed by atoms with van der Waals surface area (Å²) in [5.74, 6) is 0. The fourth-order valence-electron chi connectivity index (χ4n) is 2.04. The zero-order valence-corrected chi connectivity index (χ0v) is 13.6. The maximum atomic E-state index is 2.83. The molecule has 0 aromatic carbocycles. The molecule has 0 aliphatic carbocycles. The molecule has 0 unspecified atom stereocenters. The fourth-order valence-corrected chi connectivity index (χ4v) is 12.3. The largest absolute Gasteiger partial charge is 0.341 e. The highest BCUT2D eigenvalue weighted by atomic mass is 32.1. The van der Waals surface area contributed by atoms with Crippen molar-refractivity contribution in [1.82, 2.24) is 4.23 Å². The Labute approximate surface area is 100 Å². The van der Waals surface area contributed by atoms with Gasteiger partial charge in [0.15, 0.2) is 0 Å². The van der Waals surface area contributed by atoms with Crippen molar-refractivity contribution in [3.63, 3.8) is 0 Å². The lowest BCUT2D eigenvalue weighted by Crippen LogP contribution is -2.58. The molecule has 0 N–H and O–H groups in total. The molecule has 0 bridgehead atoms. The Morgan fingerprint density at radius 2 is 1.60 bits per heavy atom. The van der Waals surface area contributed by atoms with Crippen LogP contribution in [0.3, 0.4) is 0 Å². The molecule has 86 valence electrons. The van der Waals surface area contributed by atoms with Crippen LogP contribution in [0.4, 0.5) is 0 Å². The first-order chi connectivity index (χ1) is 6.71. The van der Waals surface area contributed by atoms with E-state index in [1.807, 2.05) is 11.3 Å². The molecule has 1 aromatic heterocycles. The van der Waals surface area contributed by atoms with Crippen molar-refractivity contribution in [1.29, 1.82) is 0 Å². The maximum Gasteiger partial charge on any atom is 0.112 e. The van der Waals surface area contributed by atoms with Gasteiger partial charge in [-0.25, -0.2) is 0 Å². The molecule has 1 heterocycles. The molecular formula is C11H23NSSi2. The Morgan fingerprint density at radius 3 is 1.93 bits per heavy atom. The Morgan fingerprint density at radius 1 is 1.07 bits per heavy atom. The van der Waals surface area contributed by atoms with Crippen LogP contribution in [0.25, 0.3) is 0 Å². The standard InChI is InChI=1S/C11H23NSSi2/c1-14(2,3)12(15(4,5)6)10-11-8-7-9-13-11/h7-9H,10H2,1-6H3.